The number of fused-ring (bicyclic) bond motifs is 1. The van der Waals surface area contributed by atoms with Crippen LogP contribution in [0.2, 0.25) is 0 Å². The third kappa shape index (κ3) is 4.00. The Hall–Kier alpha value is -3.69. The van der Waals surface area contributed by atoms with Gasteiger partial charge in [-0.3, -0.25) is 4.79 Å². The molecule has 31 heavy (non-hydrogen) atoms. The van der Waals surface area contributed by atoms with Crippen LogP contribution in [0, 0.1) is 5.92 Å². The van der Waals surface area contributed by atoms with Gasteiger partial charge in [-0.1, -0.05) is 0 Å². The largest absolute Gasteiger partial charge is 0.479 e. The number of aromatic nitrogens is 4. The first-order valence-electron chi connectivity index (χ1n) is 10.1. The summed E-state index contributed by atoms with van der Waals surface area (Å²) < 4.78 is 17.6. The molecule has 0 N–H and O–H groups in total. The minimum absolute atomic E-state index is 0.0364. The van der Waals surface area contributed by atoms with E-state index in [1.54, 1.807) is 41.6 Å². The fourth-order valence-corrected chi connectivity index (χ4v) is 3.40. The molecule has 0 bridgehead atoms. The van der Waals surface area contributed by atoms with E-state index in [2.05, 4.69) is 19.8 Å². The van der Waals surface area contributed by atoms with Crippen LogP contribution in [0.3, 0.4) is 0 Å². The fourth-order valence-electron chi connectivity index (χ4n) is 3.40. The molecule has 10 nitrogen and oxygen atoms in total. The fraction of sp³-hybridized carbons (Fsp3) is 0.381. The molecule has 0 radical (unpaired) electrons. The van der Waals surface area contributed by atoms with E-state index in [1.807, 2.05) is 0 Å². The van der Waals surface area contributed by atoms with E-state index in [0.29, 0.717) is 48.5 Å². The zero-order chi connectivity index (χ0) is 21.4. The van der Waals surface area contributed by atoms with Gasteiger partial charge in [-0.15, -0.1) is 5.10 Å². The number of methoxy groups -OCH3 is 1. The first-order chi connectivity index (χ1) is 15.1. The molecule has 2 aliphatic rings. The van der Waals surface area contributed by atoms with Crippen molar-refractivity contribution in [2.24, 2.45) is 5.92 Å². The van der Waals surface area contributed by atoms with E-state index >= 15 is 0 Å². The molecule has 3 aromatic heterocycles. The second-order valence-corrected chi connectivity index (χ2v) is 7.59. The monoisotopic (exact) mass is 423 g/mol. The molecule has 5 rings (SSSR count). The SMILES string of the molecule is COC(=O)c1nc2ccc(N3CC[C@@H](Oc4ccc(OCC5CC5)nc4)C3=O)cn2n1. The minimum Gasteiger partial charge on any atom is -0.479 e. The van der Waals surface area contributed by atoms with Gasteiger partial charge in [0.05, 0.1) is 31.8 Å². The standard InChI is InChI=1S/C21H21N5O5/c1-29-21(28)19-23-17-6-4-14(11-26(17)24-19)25-9-8-16(20(25)27)31-15-5-7-18(22-10-15)30-12-13-2-3-13/h4-7,10-11,13,16H,2-3,8-9,12H2,1H3/t16-/m1/s1. The van der Waals surface area contributed by atoms with Crippen LogP contribution in [0.25, 0.3) is 5.65 Å². The van der Waals surface area contributed by atoms with Crippen molar-refractivity contribution in [3.05, 3.63) is 42.5 Å². The number of carbonyl (C=O) groups excluding carboxylic acids is 2. The molecule has 10 heteroatoms. The zero-order valence-electron chi connectivity index (χ0n) is 16.9. The van der Waals surface area contributed by atoms with Crippen molar-refractivity contribution in [3.63, 3.8) is 0 Å². The number of carbonyl (C=O) groups is 2. The van der Waals surface area contributed by atoms with Crippen LogP contribution in [0.15, 0.2) is 36.7 Å². The van der Waals surface area contributed by atoms with E-state index in [9.17, 15) is 9.59 Å². The quantitative estimate of drug-likeness (QED) is 0.530. The molecule has 1 saturated heterocycles. The van der Waals surface area contributed by atoms with Crippen LogP contribution in [0.1, 0.15) is 29.9 Å². The second-order valence-electron chi connectivity index (χ2n) is 7.59. The Morgan fingerprint density at radius 1 is 1.19 bits per heavy atom. The number of anilines is 1. The molecule has 4 heterocycles. The summed E-state index contributed by atoms with van der Waals surface area (Å²) in [5, 5.41) is 4.11. The maximum Gasteiger partial charge on any atom is 0.377 e. The lowest BCUT2D eigenvalue weighted by Gasteiger charge is -2.17. The van der Waals surface area contributed by atoms with Gasteiger partial charge in [0, 0.05) is 19.0 Å². The molecule has 0 aromatic carbocycles. The summed E-state index contributed by atoms with van der Waals surface area (Å²) in [5.74, 6) is 0.934. The average molecular weight is 423 g/mol. The van der Waals surface area contributed by atoms with Gasteiger partial charge in [0.15, 0.2) is 11.8 Å². The first kappa shape index (κ1) is 19.3. The maximum atomic E-state index is 12.9. The van der Waals surface area contributed by atoms with E-state index in [1.165, 1.54) is 24.5 Å². The lowest BCUT2D eigenvalue weighted by Crippen LogP contribution is -2.32. The number of nitrogens with zero attached hydrogens (tertiary/aromatic N) is 5. The van der Waals surface area contributed by atoms with Gasteiger partial charge in [-0.25, -0.2) is 19.3 Å². The highest BCUT2D eigenvalue weighted by molar-refractivity contribution is 5.99. The normalized spacial score (nSPS) is 18.4. The highest BCUT2D eigenvalue weighted by atomic mass is 16.5. The molecular weight excluding hydrogens is 402 g/mol. The van der Waals surface area contributed by atoms with Gasteiger partial charge in [0.25, 0.3) is 11.7 Å². The van der Waals surface area contributed by atoms with Crippen molar-refractivity contribution in [2.75, 3.05) is 25.2 Å². The Kier molecular flexibility index (Phi) is 4.89. The summed E-state index contributed by atoms with van der Waals surface area (Å²) in [6, 6.07) is 6.98. The lowest BCUT2D eigenvalue weighted by molar-refractivity contribution is -0.122. The van der Waals surface area contributed by atoms with Crippen molar-refractivity contribution in [2.45, 2.75) is 25.4 Å². The molecule has 1 amide bonds. The van der Waals surface area contributed by atoms with Gasteiger partial charge in [0.1, 0.15) is 5.75 Å². The lowest BCUT2D eigenvalue weighted by atomic mass is 10.3. The molecule has 3 aromatic rings. The highest BCUT2D eigenvalue weighted by Gasteiger charge is 2.34. The molecule has 0 spiro atoms. The van der Waals surface area contributed by atoms with Gasteiger partial charge in [-0.2, -0.15) is 0 Å². The number of amides is 1. The number of hydrogen-bond donors (Lipinski definition) is 0. The topological polar surface area (TPSA) is 108 Å². The summed E-state index contributed by atoms with van der Waals surface area (Å²) in [5.41, 5.74) is 1.13. The summed E-state index contributed by atoms with van der Waals surface area (Å²) in [4.78, 5) is 34.5. The van der Waals surface area contributed by atoms with E-state index < -0.39 is 12.1 Å². The van der Waals surface area contributed by atoms with Crippen molar-refractivity contribution in [1.29, 1.82) is 0 Å². The van der Waals surface area contributed by atoms with Crippen molar-refractivity contribution < 1.29 is 23.8 Å². The summed E-state index contributed by atoms with van der Waals surface area (Å²) in [6.07, 6.45) is 5.62. The first-order valence-corrected chi connectivity index (χ1v) is 10.1. The van der Waals surface area contributed by atoms with Gasteiger partial charge < -0.3 is 19.1 Å². The van der Waals surface area contributed by atoms with Crippen LogP contribution in [-0.4, -0.2) is 57.8 Å². The Bertz CT molecular complexity index is 1120. The van der Waals surface area contributed by atoms with Crippen LogP contribution in [-0.2, 0) is 9.53 Å². The third-order valence-corrected chi connectivity index (χ3v) is 5.30. The van der Waals surface area contributed by atoms with Gasteiger partial charge in [0.2, 0.25) is 5.88 Å². The molecule has 160 valence electrons. The van der Waals surface area contributed by atoms with E-state index in [4.69, 9.17) is 9.47 Å². The third-order valence-electron chi connectivity index (χ3n) is 5.30. The Balaban J connectivity index is 1.25. The maximum absolute atomic E-state index is 12.9. The number of pyridine rings is 2. The zero-order valence-corrected chi connectivity index (χ0v) is 16.9. The van der Waals surface area contributed by atoms with Crippen LogP contribution in [0.5, 0.6) is 11.6 Å². The molecule has 2 fully saturated rings. The predicted octanol–water partition coefficient (Wildman–Crippen LogP) is 1.88. The summed E-state index contributed by atoms with van der Waals surface area (Å²) >= 11 is 0. The van der Waals surface area contributed by atoms with Gasteiger partial charge in [-0.05, 0) is 37.0 Å². The molecule has 1 aliphatic carbocycles. The average Bonchev–Trinajstić information content (AvgIpc) is 3.42. The number of hydrogen-bond acceptors (Lipinski definition) is 8. The minimum atomic E-state index is -0.617. The smallest absolute Gasteiger partial charge is 0.377 e. The molecular formula is C21H21N5O5. The Labute approximate surface area is 177 Å². The molecule has 1 saturated carbocycles. The molecule has 1 aliphatic heterocycles. The molecule has 1 atom stereocenters. The Morgan fingerprint density at radius 2 is 2.06 bits per heavy atom. The number of rotatable bonds is 7. The van der Waals surface area contributed by atoms with E-state index in [-0.39, 0.29) is 11.7 Å². The number of esters is 1. The van der Waals surface area contributed by atoms with Crippen LogP contribution >= 0.6 is 0 Å². The van der Waals surface area contributed by atoms with E-state index in [0.717, 1.165) is 0 Å². The summed E-state index contributed by atoms with van der Waals surface area (Å²) in [7, 11) is 1.27. The number of ether oxygens (including phenoxy) is 3. The van der Waals surface area contributed by atoms with Crippen molar-refractivity contribution in [1.82, 2.24) is 19.6 Å². The van der Waals surface area contributed by atoms with Crippen molar-refractivity contribution >= 4 is 23.2 Å². The predicted molar refractivity (Wildman–Crippen MR) is 108 cm³/mol. The molecule has 0 unspecified atom stereocenters. The Morgan fingerprint density at radius 3 is 2.81 bits per heavy atom. The second kappa shape index (κ2) is 7.86. The van der Waals surface area contributed by atoms with Crippen LogP contribution in [0.4, 0.5) is 5.69 Å². The van der Waals surface area contributed by atoms with Crippen molar-refractivity contribution in [3.8, 4) is 11.6 Å². The summed E-state index contributed by atoms with van der Waals surface area (Å²) in [6.45, 7) is 1.20. The van der Waals surface area contributed by atoms with Crippen LogP contribution < -0.4 is 14.4 Å². The van der Waals surface area contributed by atoms with Gasteiger partial charge >= 0.3 is 5.97 Å². The highest BCUT2D eigenvalue weighted by Crippen LogP contribution is 2.30.